The van der Waals surface area contributed by atoms with Crippen molar-refractivity contribution in [3.05, 3.63) is 16.4 Å². The molecule has 0 bridgehead atoms. The molecule has 1 aliphatic rings. The van der Waals surface area contributed by atoms with E-state index in [4.69, 9.17) is 23.2 Å². The van der Waals surface area contributed by atoms with Crippen LogP contribution in [-0.2, 0) is 13.5 Å². The topological polar surface area (TPSA) is 17.8 Å². The Morgan fingerprint density at radius 1 is 1.47 bits per heavy atom. The number of aromatic nitrogens is 2. The minimum Gasteiger partial charge on any atom is -0.271 e. The maximum atomic E-state index is 6.27. The van der Waals surface area contributed by atoms with Gasteiger partial charge in [-0.2, -0.15) is 5.10 Å². The van der Waals surface area contributed by atoms with E-state index in [9.17, 15) is 0 Å². The van der Waals surface area contributed by atoms with Crippen molar-refractivity contribution in [3.8, 4) is 0 Å². The number of aryl methyl sites for hydroxylation is 2. The molecule has 1 aromatic heterocycles. The van der Waals surface area contributed by atoms with E-state index in [1.807, 2.05) is 18.7 Å². The molecule has 1 fully saturated rings. The molecule has 1 saturated carbocycles. The minimum atomic E-state index is 0.316. The third kappa shape index (κ3) is 2.16. The van der Waals surface area contributed by atoms with Gasteiger partial charge in [-0.25, -0.2) is 0 Å². The van der Waals surface area contributed by atoms with E-state index >= 15 is 0 Å². The van der Waals surface area contributed by atoms with Crippen LogP contribution in [0.2, 0.25) is 5.02 Å². The summed E-state index contributed by atoms with van der Waals surface area (Å²) in [6.45, 7) is 1.94. The average molecular weight is 247 g/mol. The second kappa shape index (κ2) is 4.34. The van der Waals surface area contributed by atoms with Gasteiger partial charge in [-0.05, 0) is 32.1 Å². The second-order valence-corrected chi connectivity index (χ2v) is 5.32. The van der Waals surface area contributed by atoms with E-state index in [1.165, 1.54) is 12.8 Å². The van der Waals surface area contributed by atoms with E-state index in [0.717, 1.165) is 29.3 Å². The number of halogens is 2. The van der Waals surface area contributed by atoms with Crippen molar-refractivity contribution in [3.63, 3.8) is 0 Å². The van der Waals surface area contributed by atoms with Crippen LogP contribution in [-0.4, -0.2) is 15.2 Å². The van der Waals surface area contributed by atoms with Crippen molar-refractivity contribution in [2.24, 2.45) is 13.0 Å². The van der Waals surface area contributed by atoms with Gasteiger partial charge in [0.2, 0.25) is 0 Å². The largest absolute Gasteiger partial charge is 0.271 e. The minimum absolute atomic E-state index is 0.316. The van der Waals surface area contributed by atoms with E-state index in [1.54, 1.807) is 0 Å². The molecule has 0 saturated heterocycles. The third-order valence-corrected chi connectivity index (χ3v) is 4.35. The molecule has 15 heavy (non-hydrogen) atoms. The highest BCUT2D eigenvalue weighted by atomic mass is 35.5. The summed E-state index contributed by atoms with van der Waals surface area (Å²) in [4.78, 5) is 0. The molecule has 0 aromatic carbocycles. The maximum absolute atomic E-state index is 6.27. The lowest BCUT2D eigenvalue weighted by Crippen LogP contribution is -2.13. The van der Waals surface area contributed by atoms with Gasteiger partial charge in [0.25, 0.3) is 0 Å². The normalized spacial score (nSPS) is 26.1. The molecule has 0 N–H and O–H groups in total. The van der Waals surface area contributed by atoms with Crippen LogP contribution in [0.25, 0.3) is 0 Å². The molecule has 2 atom stereocenters. The highest BCUT2D eigenvalue weighted by Gasteiger charge is 2.27. The monoisotopic (exact) mass is 246 g/mol. The van der Waals surface area contributed by atoms with E-state index in [0.29, 0.717) is 11.3 Å². The fourth-order valence-electron chi connectivity index (χ4n) is 2.37. The van der Waals surface area contributed by atoms with Gasteiger partial charge < -0.3 is 0 Å². The van der Waals surface area contributed by atoms with Gasteiger partial charge in [0, 0.05) is 12.4 Å². The summed E-state index contributed by atoms with van der Waals surface area (Å²) >= 11 is 12.5. The zero-order valence-corrected chi connectivity index (χ0v) is 10.6. The first kappa shape index (κ1) is 11.3. The van der Waals surface area contributed by atoms with Crippen molar-refractivity contribution in [2.75, 3.05) is 0 Å². The lowest BCUT2D eigenvalue weighted by atomic mass is 10.0. The van der Waals surface area contributed by atoms with Gasteiger partial charge in [0.15, 0.2) is 0 Å². The van der Waals surface area contributed by atoms with Crippen LogP contribution in [0.5, 0.6) is 0 Å². The molecule has 1 heterocycles. The Labute approximate surface area is 101 Å². The average Bonchev–Trinajstić information content (AvgIpc) is 2.67. The smallest absolute Gasteiger partial charge is 0.0847 e. The standard InChI is InChI=1S/C11H16Cl2N2/c1-7-11(13)10(15(2)14-7)6-8-4-3-5-9(8)12/h8-9H,3-6H2,1-2H3. The zero-order chi connectivity index (χ0) is 11.0. The highest BCUT2D eigenvalue weighted by molar-refractivity contribution is 6.31. The highest BCUT2D eigenvalue weighted by Crippen LogP contribution is 2.34. The Morgan fingerprint density at radius 2 is 2.20 bits per heavy atom. The Kier molecular flexibility index (Phi) is 3.27. The van der Waals surface area contributed by atoms with Crippen molar-refractivity contribution in [1.82, 2.24) is 9.78 Å². The summed E-state index contributed by atoms with van der Waals surface area (Å²) in [6, 6.07) is 0. The first-order valence-electron chi connectivity index (χ1n) is 5.41. The van der Waals surface area contributed by atoms with E-state index < -0.39 is 0 Å². The summed E-state index contributed by atoms with van der Waals surface area (Å²) in [5.74, 6) is 0.568. The van der Waals surface area contributed by atoms with Gasteiger partial charge in [0.05, 0.1) is 16.4 Å². The Bertz CT molecular complexity index is 360. The molecule has 1 aliphatic carbocycles. The zero-order valence-electron chi connectivity index (χ0n) is 9.13. The Morgan fingerprint density at radius 3 is 2.67 bits per heavy atom. The fourth-order valence-corrected chi connectivity index (χ4v) is 2.98. The predicted molar refractivity (Wildman–Crippen MR) is 63.6 cm³/mol. The lowest BCUT2D eigenvalue weighted by molar-refractivity contribution is 0.526. The van der Waals surface area contributed by atoms with Gasteiger partial charge in [-0.15, -0.1) is 11.6 Å². The number of alkyl halides is 1. The first-order chi connectivity index (χ1) is 7.09. The molecule has 2 nitrogen and oxygen atoms in total. The van der Waals surface area contributed by atoms with E-state index in [-0.39, 0.29) is 0 Å². The van der Waals surface area contributed by atoms with Gasteiger partial charge in [-0.1, -0.05) is 18.0 Å². The SMILES string of the molecule is Cc1nn(C)c(CC2CCCC2Cl)c1Cl. The first-order valence-corrected chi connectivity index (χ1v) is 6.23. The molecule has 0 radical (unpaired) electrons. The van der Waals surface area contributed by atoms with Crippen LogP contribution in [0, 0.1) is 12.8 Å². The van der Waals surface area contributed by atoms with Crippen molar-refractivity contribution < 1.29 is 0 Å². The molecule has 0 spiro atoms. The molecular formula is C11H16Cl2N2. The number of nitrogens with zero attached hydrogens (tertiary/aromatic N) is 2. The molecule has 84 valence electrons. The fraction of sp³-hybridized carbons (Fsp3) is 0.727. The summed E-state index contributed by atoms with van der Waals surface area (Å²) < 4.78 is 1.89. The van der Waals surface area contributed by atoms with Gasteiger partial charge in [0.1, 0.15) is 0 Å². The van der Waals surface area contributed by atoms with Crippen molar-refractivity contribution >= 4 is 23.2 Å². The van der Waals surface area contributed by atoms with Crippen LogP contribution in [0.3, 0.4) is 0 Å². The Balaban J connectivity index is 2.16. The quantitative estimate of drug-likeness (QED) is 0.733. The van der Waals surface area contributed by atoms with Crippen LogP contribution in [0.1, 0.15) is 30.7 Å². The van der Waals surface area contributed by atoms with Crippen LogP contribution < -0.4 is 0 Å². The molecule has 2 rings (SSSR count). The maximum Gasteiger partial charge on any atom is 0.0847 e. The van der Waals surface area contributed by atoms with E-state index in [2.05, 4.69) is 5.10 Å². The number of rotatable bonds is 2. The molecule has 2 unspecified atom stereocenters. The summed E-state index contributed by atoms with van der Waals surface area (Å²) in [7, 11) is 1.95. The molecule has 0 amide bonds. The van der Waals surface area contributed by atoms with Crippen molar-refractivity contribution in [2.45, 2.75) is 38.0 Å². The Hall–Kier alpha value is -0.210. The second-order valence-electron chi connectivity index (χ2n) is 4.38. The third-order valence-electron chi connectivity index (χ3n) is 3.28. The molecule has 0 aliphatic heterocycles. The number of hydrogen-bond donors (Lipinski definition) is 0. The molecule has 1 aromatic rings. The van der Waals surface area contributed by atoms with Crippen LogP contribution in [0.15, 0.2) is 0 Å². The molecular weight excluding hydrogens is 231 g/mol. The summed E-state index contributed by atoms with van der Waals surface area (Å²) in [5.41, 5.74) is 2.05. The summed E-state index contributed by atoms with van der Waals surface area (Å²) in [5, 5.41) is 5.45. The lowest BCUT2D eigenvalue weighted by Gasteiger charge is -2.13. The van der Waals surface area contributed by atoms with Crippen LogP contribution >= 0.6 is 23.2 Å². The van der Waals surface area contributed by atoms with Gasteiger partial charge >= 0.3 is 0 Å². The van der Waals surface area contributed by atoms with Crippen molar-refractivity contribution in [1.29, 1.82) is 0 Å². The summed E-state index contributed by atoms with van der Waals surface area (Å²) in [6.07, 6.45) is 4.56. The van der Waals surface area contributed by atoms with Gasteiger partial charge in [-0.3, -0.25) is 4.68 Å². The van der Waals surface area contributed by atoms with Crippen LogP contribution in [0.4, 0.5) is 0 Å². The predicted octanol–water partition coefficient (Wildman–Crippen LogP) is 3.33. The number of hydrogen-bond acceptors (Lipinski definition) is 1. The molecule has 4 heteroatoms.